The van der Waals surface area contributed by atoms with E-state index in [1.165, 1.54) is 4.57 Å². The van der Waals surface area contributed by atoms with Crippen LogP contribution in [0.25, 0.3) is 33.3 Å². The molecule has 298 valence electrons. The number of rotatable bonds is 9. The average Bonchev–Trinajstić information content (AvgIpc) is 3.22. The average molecular weight is 785 g/mol. The van der Waals surface area contributed by atoms with Gasteiger partial charge in [0.15, 0.2) is 5.82 Å². The number of hydrogen-bond acceptors (Lipinski definition) is 11. The summed E-state index contributed by atoms with van der Waals surface area (Å²) in [5.74, 6) is -0.399. The standard InChI is InChI=1S/C43H44N8O7/c1-43(2,3)58-42(56)49-21-19-48(20-22-49)36-25-34(45-46-38(36)44)33-24-31(15-16-37(33)52)30-8-6-7-27(23-30)17-18-50-40(54)32-9-4-5-10-35(32)51(41(50)55)26-28-11-13-29(14-12-28)39(53)47-57/h4-16,23-25,52,57H,17-22,26H2,1-3H3,(H2,44,46)(H,47,53). The summed E-state index contributed by atoms with van der Waals surface area (Å²) in [6, 6.07) is 28.2. The first-order valence-electron chi connectivity index (χ1n) is 18.8. The predicted molar refractivity (Wildman–Crippen MR) is 220 cm³/mol. The first-order valence-corrected chi connectivity index (χ1v) is 18.8. The first kappa shape index (κ1) is 39.2. The van der Waals surface area contributed by atoms with Gasteiger partial charge in [0.1, 0.15) is 11.4 Å². The van der Waals surface area contributed by atoms with E-state index in [1.807, 2.05) is 56.0 Å². The molecular formula is C43H44N8O7. The van der Waals surface area contributed by atoms with Crippen molar-refractivity contribution in [2.75, 3.05) is 36.8 Å². The Morgan fingerprint density at radius 2 is 1.55 bits per heavy atom. The lowest BCUT2D eigenvalue weighted by Crippen LogP contribution is -2.50. The zero-order chi connectivity index (χ0) is 41.1. The zero-order valence-electron chi connectivity index (χ0n) is 32.4. The van der Waals surface area contributed by atoms with E-state index in [4.69, 9.17) is 15.7 Å². The Bertz CT molecular complexity index is 2620. The van der Waals surface area contributed by atoms with Gasteiger partial charge in [-0.3, -0.25) is 23.9 Å². The Labute approximate surface area is 333 Å². The number of fused-ring (bicyclic) bond motifs is 1. The Kier molecular flexibility index (Phi) is 11.0. The summed E-state index contributed by atoms with van der Waals surface area (Å²) >= 11 is 0. The zero-order valence-corrected chi connectivity index (χ0v) is 32.4. The molecule has 5 N–H and O–H groups in total. The molecule has 3 heterocycles. The van der Waals surface area contributed by atoms with Crippen LogP contribution in [0.1, 0.15) is 42.3 Å². The monoisotopic (exact) mass is 784 g/mol. The third-order valence-corrected chi connectivity index (χ3v) is 10.0. The number of benzene rings is 4. The third-order valence-electron chi connectivity index (χ3n) is 10.0. The van der Waals surface area contributed by atoms with E-state index in [0.717, 1.165) is 22.3 Å². The van der Waals surface area contributed by atoms with Crippen molar-refractivity contribution < 1.29 is 24.6 Å². The molecule has 58 heavy (non-hydrogen) atoms. The minimum Gasteiger partial charge on any atom is -0.507 e. The molecule has 0 saturated carbocycles. The van der Waals surface area contributed by atoms with Crippen molar-refractivity contribution in [3.8, 4) is 28.1 Å². The molecule has 0 aliphatic carbocycles. The fraction of sp³-hybridized carbons (Fsp3) is 0.256. The van der Waals surface area contributed by atoms with E-state index in [0.29, 0.717) is 60.4 Å². The Balaban J connectivity index is 1.11. The van der Waals surface area contributed by atoms with E-state index in [2.05, 4.69) is 10.2 Å². The number of phenolic OH excluding ortho intramolecular Hbond substituents is 1. The summed E-state index contributed by atoms with van der Waals surface area (Å²) in [6.07, 6.45) is 0.0177. The summed E-state index contributed by atoms with van der Waals surface area (Å²) in [5, 5.41) is 28.9. The van der Waals surface area contributed by atoms with Crippen LogP contribution in [-0.2, 0) is 24.2 Å². The van der Waals surface area contributed by atoms with Gasteiger partial charge in [-0.15, -0.1) is 10.2 Å². The van der Waals surface area contributed by atoms with Gasteiger partial charge in [-0.25, -0.2) is 15.1 Å². The first-order chi connectivity index (χ1) is 27.8. The van der Waals surface area contributed by atoms with E-state index in [1.54, 1.807) is 81.7 Å². The number of carbonyl (C=O) groups excluding carboxylic acids is 2. The minimum atomic E-state index is -0.646. The smallest absolute Gasteiger partial charge is 0.410 e. The van der Waals surface area contributed by atoms with Crippen LogP contribution < -0.4 is 27.4 Å². The van der Waals surface area contributed by atoms with Crippen molar-refractivity contribution in [1.29, 1.82) is 0 Å². The molecule has 6 aromatic rings. The van der Waals surface area contributed by atoms with Crippen LogP contribution in [0.5, 0.6) is 5.75 Å². The molecule has 0 bridgehead atoms. The maximum absolute atomic E-state index is 13.9. The SMILES string of the molecule is CC(C)(C)OC(=O)N1CCN(c2cc(-c3cc(-c4cccc(CCn5c(=O)c6ccccc6n(Cc6ccc(C(=O)NO)cc6)c5=O)c4)ccc3O)nnc2N)CC1. The van der Waals surface area contributed by atoms with Crippen molar-refractivity contribution in [1.82, 2.24) is 29.7 Å². The number of carbonyl (C=O) groups is 2. The summed E-state index contributed by atoms with van der Waals surface area (Å²) in [5.41, 5.74) is 12.0. The number of aryl methyl sites for hydroxylation is 1. The molecule has 2 aromatic heterocycles. The molecular weight excluding hydrogens is 741 g/mol. The van der Waals surface area contributed by atoms with Gasteiger partial charge in [0.05, 0.1) is 28.8 Å². The molecule has 1 saturated heterocycles. The highest BCUT2D eigenvalue weighted by Gasteiger charge is 2.27. The van der Waals surface area contributed by atoms with Crippen LogP contribution in [0.15, 0.2) is 107 Å². The van der Waals surface area contributed by atoms with Crippen molar-refractivity contribution in [2.24, 2.45) is 0 Å². The van der Waals surface area contributed by atoms with Crippen LogP contribution in [0, 0.1) is 0 Å². The van der Waals surface area contributed by atoms with Gasteiger partial charge in [0.25, 0.3) is 11.5 Å². The summed E-state index contributed by atoms with van der Waals surface area (Å²) < 4.78 is 8.32. The van der Waals surface area contributed by atoms with Crippen molar-refractivity contribution in [3.63, 3.8) is 0 Å². The molecule has 1 aliphatic heterocycles. The molecule has 15 nitrogen and oxygen atoms in total. The second-order valence-corrected chi connectivity index (χ2v) is 15.1. The minimum absolute atomic E-state index is 0.0122. The van der Waals surface area contributed by atoms with E-state index >= 15 is 0 Å². The van der Waals surface area contributed by atoms with E-state index < -0.39 is 17.2 Å². The number of phenols is 1. The molecule has 0 unspecified atom stereocenters. The number of ether oxygens (including phenoxy) is 1. The van der Waals surface area contributed by atoms with Crippen LogP contribution in [0.3, 0.4) is 0 Å². The second kappa shape index (κ2) is 16.2. The number of aromatic hydroxyl groups is 1. The van der Waals surface area contributed by atoms with Gasteiger partial charge in [0.2, 0.25) is 0 Å². The number of aromatic nitrogens is 4. The lowest BCUT2D eigenvalue weighted by atomic mass is 9.98. The number of hydroxylamine groups is 1. The largest absolute Gasteiger partial charge is 0.507 e. The highest BCUT2D eigenvalue weighted by molar-refractivity contribution is 5.93. The number of nitrogen functional groups attached to an aromatic ring is 1. The molecule has 4 aromatic carbocycles. The van der Waals surface area contributed by atoms with Gasteiger partial charge in [-0.05, 0) is 91.9 Å². The lowest BCUT2D eigenvalue weighted by Gasteiger charge is -2.36. The highest BCUT2D eigenvalue weighted by Crippen LogP contribution is 2.35. The summed E-state index contributed by atoms with van der Waals surface area (Å²) in [7, 11) is 0. The maximum Gasteiger partial charge on any atom is 0.410 e. The van der Waals surface area contributed by atoms with Crippen LogP contribution >= 0.6 is 0 Å². The molecule has 2 amide bonds. The number of anilines is 2. The van der Waals surface area contributed by atoms with Crippen molar-refractivity contribution in [3.05, 3.63) is 135 Å². The van der Waals surface area contributed by atoms with Crippen molar-refractivity contribution in [2.45, 2.75) is 45.9 Å². The van der Waals surface area contributed by atoms with Gasteiger partial charge in [-0.2, -0.15) is 0 Å². The Morgan fingerprint density at radius 3 is 2.28 bits per heavy atom. The normalized spacial score (nSPS) is 13.1. The number of nitrogens with zero attached hydrogens (tertiary/aromatic N) is 6. The van der Waals surface area contributed by atoms with Gasteiger partial charge >= 0.3 is 11.8 Å². The van der Waals surface area contributed by atoms with Gasteiger partial charge < -0.3 is 25.4 Å². The Morgan fingerprint density at radius 1 is 0.828 bits per heavy atom. The quantitative estimate of drug-likeness (QED) is 0.113. The lowest BCUT2D eigenvalue weighted by molar-refractivity contribution is 0.0240. The number of nitrogens with one attached hydrogen (secondary N) is 1. The van der Waals surface area contributed by atoms with Crippen molar-refractivity contribution >= 4 is 34.4 Å². The summed E-state index contributed by atoms with van der Waals surface area (Å²) in [6.45, 7) is 7.68. The number of para-hydroxylation sites is 1. The second-order valence-electron chi connectivity index (χ2n) is 15.1. The number of nitrogens with two attached hydrogens (primary N) is 1. The molecule has 0 atom stereocenters. The maximum atomic E-state index is 13.9. The fourth-order valence-electron chi connectivity index (χ4n) is 7.03. The van der Waals surface area contributed by atoms with Gasteiger partial charge in [-0.1, -0.05) is 54.6 Å². The topological polar surface area (TPSA) is 198 Å². The number of amides is 2. The predicted octanol–water partition coefficient (Wildman–Crippen LogP) is 5.04. The molecule has 0 radical (unpaired) electrons. The summed E-state index contributed by atoms with van der Waals surface area (Å²) in [4.78, 5) is 55.7. The molecule has 15 heteroatoms. The molecule has 7 rings (SSSR count). The van der Waals surface area contributed by atoms with E-state index in [-0.39, 0.29) is 41.9 Å². The number of hydrogen-bond donors (Lipinski definition) is 4. The fourth-order valence-corrected chi connectivity index (χ4v) is 7.03. The highest BCUT2D eigenvalue weighted by atomic mass is 16.6. The molecule has 0 spiro atoms. The molecule has 1 fully saturated rings. The Hall–Kier alpha value is -7.00. The van der Waals surface area contributed by atoms with Crippen LogP contribution in [0.4, 0.5) is 16.3 Å². The number of piperazine rings is 1. The van der Waals surface area contributed by atoms with Crippen LogP contribution in [0.2, 0.25) is 0 Å². The van der Waals surface area contributed by atoms with Gasteiger partial charge in [0, 0.05) is 43.9 Å². The van der Waals surface area contributed by atoms with E-state index in [9.17, 15) is 24.3 Å². The molecule has 1 aliphatic rings. The van der Waals surface area contributed by atoms with Crippen LogP contribution in [-0.4, -0.2) is 78.3 Å². The third kappa shape index (κ3) is 8.39.